The summed E-state index contributed by atoms with van der Waals surface area (Å²) in [5.41, 5.74) is 1.97. The number of benzene rings is 2. The van der Waals surface area contributed by atoms with E-state index in [0.717, 1.165) is 22.0 Å². The van der Waals surface area contributed by atoms with E-state index in [0.29, 0.717) is 6.42 Å². The highest BCUT2D eigenvalue weighted by atomic mass is 16.1. The van der Waals surface area contributed by atoms with E-state index in [1.54, 1.807) is 0 Å². The molecule has 2 nitrogen and oxygen atoms in total. The lowest BCUT2D eigenvalue weighted by Gasteiger charge is -2.16. The Morgan fingerprint density at radius 3 is 2.35 bits per heavy atom. The van der Waals surface area contributed by atoms with Crippen molar-refractivity contribution >= 4 is 22.2 Å². The van der Waals surface area contributed by atoms with E-state index >= 15 is 0 Å². The monoisotopic (exact) mass is 227 g/mol. The van der Waals surface area contributed by atoms with E-state index in [-0.39, 0.29) is 5.78 Å². The lowest BCUT2D eigenvalue weighted by molar-refractivity contribution is 0.0990. The first-order valence-electron chi connectivity index (χ1n) is 5.87. The average Bonchev–Trinajstić information content (AvgIpc) is 2.36. The second-order valence-electron chi connectivity index (χ2n) is 4.35. The molecule has 0 atom stereocenters. The summed E-state index contributed by atoms with van der Waals surface area (Å²) >= 11 is 0. The summed E-state index contributed by atoms with van der Waals surface area (Å²) in [7, 11) is 4.03. The van der Waals surface area contributed by atoms with E-state index in [1.807, 2.05) is 45.3 Å². The number of fused-ring (bicyclic) bond motifs is 1. The van der Waals surface area contributed by atoms with Crippen molar-refractivity contribution in [2.45, 2.75) is 13.3 Å². The Morgan fingerprint density at radius 2 is 1.71 bits per heavy atom. The van der Waals surface area contributed by atoms with Crippen LogP contribution in [-0.4, -0.2) is 19.9 Å². The number of rotatable bonds is 3. The molecule has 2 rings (SSSR count). The zero-order chi connectivity index (χ0) is 12.4. The van der Waals surface area contributed by atoms with Crippen LogP contribution in [-0.2, 0) is 0 Å². The summed E-state index contributed by atoms with van der Waals surface area (Å²) < 4.78 is 0. The second-order valence-corrected chi connectivity index (χ2v) is 4.35. The van der Waals surface area contributed by atoms with Crippen molar-refractivity contribution < 1.29 is 4.79 Å². The minimum absolute atomic E-state index is 0.200. The molecule has 0 aliphatic rings. The molecule has 0 radical (unpaired) electrons. The molecular weight excluding hydrogens is 210 g/mol. The molecule has 0 heterocycles. The number of Topliss-reactive ketones (excluding diaryl/α,β-unsaturated/α-hetero) is 1. The van der Waals surface area contributed by atoms with Crippen molar-refractivity contribution in [3.63, 3.8) is 0 Å². The summed E-state index contributed by atoms with van der Waals surface area (Å²) in [4.78, 5) is 14.0. The van der Waals surface area contributed by atoms with E-state index < -0.39 is 0 Å². The van der Waals surface area contributed by atoms with Crippen LogP contribution in [0.15, 0.2) is 36.4 Å². The van der Waals surface area contributed by atoms with Gasteiger partial charge in [-0.3, -0.25) is 4.79 Å². The number of hydrogen-bond acceptors (Lipinski definition) is 2. The van der Waals surface area contributed by atoms with Crippen LogP contribution < -0.4 is 4.90 Å². The predicted octanol–water partition coefficient (Wildman–Crippen LogP) is 3.50. The van der Waals surface area contributed by atoms with Gasteiger partial charge in [-0.05, 0) is 11.5 Å². The van der Waals surface area contributed by atoms with E-state index in [4.69, 9.17) is 0 Å². The van der Waals surface area contributed by atoms with Crippen LogP contribution in [0.4, 0.5) is 5.69 Å². The Morgan fingerprint density at radius 1 is 1.06 bits per heavy atom. The van der Waals surface area contributed by atoms with Crippen LogP contribution in [0.2, 0.25) is 0 Å². The van der Waals surface area contributed by atoms with E-state index in [1.165, 1.54) is 0 Å². The number of carbonyl (C=O) groups excluding carboxylic acids is 1. The zero-order valence-corrected chi connectivity index (χ0v) is 10.5. The third kappa shape index (κ3) is 2.03. The van der Waals surface area contributed by atoms with Gasteiger partial charge in [-0.15, -0.1) is 0 Å². The first-order valence-corrected chi connectivity index (χ1v) is 5.87. The van der Waals surface area contributed by atoms with Gasteiger partial charge >= 0.3 is 0 Å². The second kappa shape index (κ2) is 4.58. The number of carbonyl (C=O) groups is 1. The SMILES string of the molecule is CCC(=O)c1cccc2c(N(C)C)cccc12. The van der Waals surface area contributed by atoms with Gasteiger partial charge in [-0.25, -0.2) is 0 Å². The lowest BCUT2D eigenvalue weighted by atomic mass is 9.99. The first kappa shape index (κ1) is 11.6. The van der Waals surface area contributed by atoms with Gasteiger partial charge in [-0.1, -0.05) is 37.3 Å². The maximum atomic E-state index is 11.9. The quantitative estimate of drug-likeness (QED) is 0.748. The number of ketones is 1. The van der Waals surface area contributed by atoms with Crippen LogP contribution in [0.5, 0.6) is 0 Å². The van der Waals surface area contributed by atoms with E-state index in [2.05, 4.69) is 17.0 Å². The predicted molar refractivity (Wildman–Crippen MR) is 72.9 cm³/mol. The van der Waals surface area contributed by atoms with Gasteiger partial charge in [0.25, 0.3) is 0 Å². The van der Waals surface area contributed by atoms with Crippen LogP contribution in [0.25, 0.3) is 10.8 Å². The molecule has 0 aromatic heterocycles. The lowest BCUT2D eigenvalue weighted by Crippen LogP contribution is -2.09. The van der Waals surface area contributed by atoms with Gasteiger partial charge in [-0.2, -0.15) is 0 Å². The summed E-state index contributed by atoms with van der Waals surface area (Å²) in [6, 6.07) is 12.0. The molecule has 0 unspecified atom stereocenters. The molecule has 0 amide bonds. The molecular formula is C15H17NO. The molecule has 0 fully saturated rings. The average molecular weight is 227 g/mol. The van der Waals surface area contributed by atoms with Crippen molar-refractivity contribution in [2.75, 3.05) is 19.0 Å². The summed E-state index contributed by atoms with van der Waals surface area (Å²) in [6.07, 6.45) is 0.547. The van der Waals surface area contributed by atoms with Crippen LogP contribution in [0.1, 0.15) is 23.7 Å². The van der Waals surface area contributed by atoms with Crippen molar-refractivity contribution in [3.05, 3.63) is 42.0 Å². The third-order valence-corrected chi connectivity index (χ3v) is 3.00. The van der Waals surface area contributed by atoms with Gasteiger partial charge in [0.15, 0.2) is 5.78 Å². The van der Waals surface area contributed by atoms with E-state index in [9.17, 15) is 4.79 Å². The maximum Gasteiger partial charge on any atom is 0.163 e. The van der Waals surface area contributed by atoms with Crippen LogP contribution in [0, 0.1) is 0 Å². The highest BCUT2D eigenvalue weighted by molar-refractivity contribution is 6.10. The molecule has 0 spiro atoms. The highest BCUT2D eigenvalue weighted by Gasteiger charge is 2.10. The zero-order valence-electron chi connectivity index (χ0n) is 10.5. The van der Waals surface area contributed by atoms with Crippen molar-refractivity contribution in [1.82, 2.24) is 0 Å². The van der Waals surface area contributed by atoms with Crippen molar-refractivity contribution in [3.8, 4) is 0 Å². The number of hydrogen-bond donors (Lipinski definition) is 0. The highest BCUT2D eigenvalue weighted by Crippen LogP contribution is 2.28. The Hall–Kier alpha value is -1.83. The Labute approximate surface area is 102 Å². The molecule has 88 valence electrons. The normalized spacial score (nSPS) is 10.5. The first-order chi connectivity index (χ1) is 8.15. The van der Waals surface area contributed by atoms with Crippen LogP contribution in [0.3, 0.4) is 0 Å². The van der Waals surface area contributed by atoms with Gasteiger partial charge in [0.1, 0.15) is 0 Å². The Bertz CT molecular complexity index is 558. The fraction of sp³-hybridized carbons (Fsp3) is 0.267. The fourth-order valence-corrected chi connectivity index (χ4v) is 2.12. The van der Waals surface area contributed by atoms with Gasteiger partial charge in [0.05, 0.1) is 0 Å². The Kier molecular flexibility index (Phi) is 3.14. The third-order valence-electron chi connectivity index (χ3n) is 3.00. The molecule has 0 aliphatic carbocycles. The van der Waals surface area contributed by atoms with Crippen molar-refractivity contribution in [1.29, 1.82) is 0 Å². The largest absolute Gasteiger partial charge is 0.377 e. The molecule has 0 aliphatic heterocycles. The van der Waals surface area contributed by atoms with Gasteiger partial charge in [0, 0.05) is 37.2 Å². The number of anilines is 1. The molecule has 0 saturated heterocycles. The summed E-state index contributed by atoms with van der Waals surface area (Å²) in [5, 5.41) is 2.18. The molecule has 0 saturated carbocycles. The molecule has 2 aromatic carbocycles. The molecule has 0 N–H and O–H groups in total. The minimum atomic E-state index is 0.200. The molecule has 17 heavy (non-hydrogen) atoms. The molecule has 2 heteroatoms. The molecule has 0 bridgehead atoms. The van der Waals surface area contributed by atoms with Crippen LogP contribution >= 0.6 is 0 Å². The molecule has 2 aromatic rings. The summed E-state index contributed by atoms with van der Waals surface area (Å²) in [5.74, 6) is 0.200. The van der Waals surface area contributed by atoms with Gasteiger partial charge < -0.3 is 4.90 Å². The van der Waals surface area contributed by atoms with Gasteiger partial charge in [0.2, 0.25) is 0 Å². The minimum Gasteiger partial charge on any atom is -0.377 e. The smallest absolute Gasteiger partial charge is 0.163 e. The Balaban J connectivity index is 2.74. The maximum absolute atomic E-state index is 11.9. The fourth-order valence-electron chi connectivity index (χ4n) is 2.12. The number of nitrogens with zero attached hydrogens (tertiary/aromatic N) is 1. The standard InChI is InChI=1S/C15H17NO/c1-4-15(17)13-9-5-8-12-11(13)7-6-10-14(12)16(2)3/h5-10H,4H2,1-3H3. The van der Waals surface area contributed by atoms with Crippen molar-refractivity contribution in [2.24, 2.45) is 0 Å². The topological polar surface area (TPSA) is 20.3 Å². The summed E-state index contributed by atoms with van der Waals surface area (Å²) in [6.45, 7) is 1.90.